The lowest BCUT2D eigenvalue weighted by Gasteiger charge is -2.24. The number of aromatic nitrogens is 2. The number of halogens is 5. The molecular formula is C23H25Cl2F3N4O4S. The minimum absolute atomic E-state index is 0.0434. The quantitative estimate of drug-likeness (QED) is 0.440. The average Bonchev–Trinajstić information content (AvgIpc) is 3.43. The minimum Gasteiger partial charge on any atom is -0.484 e. The van der Waals surface area contributed by atoms with Crippen molar-refractivity contribution in [2.24, 2.45) is 0 Å². The monoisotopic (exact) mass is 580 g/mol. The van der Waals surface area contributed by atoms with E-state index >= 15 is 0 Å². The smallest absolute Gasteiger partial charge is 0.422 e. The minimum atomic E-state index is -4.48. The maximum absolute atomic E-state index is 13.3. The third-order valence-electron chi connectivity index (χ3n) is 5.65. The van der Waals surface area contributed by atoms with Gasteiger partial charge in [0, 0.05) is 18.7 Å². The van der Waals surface area contributed by atoms with Crippen molar-refractivity contribution >= 4 is 45.9 Å². The normalized spacial score (nSPS) is 18.6. The second-order valence-corrected chi connectivity index (χ2v) is 12.2. The molecule has 37 heavy (non-hydrogen) atoms. The van der Waals surface area contributed by atoms with E-state index in [0.29, 0.717) is 35.9 Å². The van der Waals surface area contributed by atoms with E-state index in [0.717, 1.165) is 5.56 Å². The third kappa shape index (κ3) is 6.77. The predicted molar refractivity (Wildman–Crippen MR) is 133 cm³/mol. The molecule has 0 spiro atoms. The fourth-order valence-corrected chi connectivity index (χ4v) is 6.13. The van der Waals surface area contributed by atoms with Crippen molar-refractivity contribution in [1.29, 1.82) is 0 Å². The fourth-order valence-electron chi connectivity index (χ4n) is 4.10. The Morgan fingerprint density at radius 1 is 1.19 bits per heavy atom. The maximum Gasteiger partial charge on any atom is 0.422 e. The number of carbonyl (C=O) groups is 1. The first-order valence-electron chi connectivity index (χ1n) is 11.4. The lowest BCUT2D eigenvalue weighted by atomic mass is 10.2. The molecule has 1 fully saturated rings. The number of ether oxygens (including phenoxy) is 2. The highest BCUT2D eigenvalue weighted by molar-refractivity contribution is 7.85. The topological polar surface area (TPSA) is 84.9 Å². The highest BCUT2D eigenvalue weighted by atomic mass is 35.5. The fraction of sp³-hybridized carbons (Fsp3) is 0.522. The van der Waals surface area contributed by atoms with E-state index < -0.39 is 35.3 Å². The van der Waals surface area contributed by atoms with Gasteiger partial charge in [-0.2, -0.15) is 13.2 Å². The predicted octanol–water partition coefficient (Wildman–Crippen LogP) is 5.36. The Bertz CT molecular complexity index is 1230. The number of nitrogens with zero attached hydrogens (tertiary/aromatic N) is 4. The summed E-state index contributed by atoms with van der Waals surface area (Å²) in [5.41, 5.74) is 0.738. The van der Waals surface area contributed by atoms with Gasteiger partial charge in [0.25, 0.3) is 0 Å². The number of amides is 1. The highest BCUT2D eigenvalue weighted by Crippen LogP contribution is 2.35. The van der Waals surface area contributed by atoms with Crippen LogP contribution in [-0.2, 0) is 28.6 Å². The molecule has 2 aromatic rings. The lowest BCUT2D eigenvalue weighted by Crippen LogP contribution is -2.33. The molecule has 1 amide bonds. The van der Waals surface area contributed by atoms with E-state index in [9.17, 15) is 22.2 Å². The van der Waals surface area contributed by atoms with Gasteiger partial charge in [0.2, 0.25) is 5.28 Å². The molecule has 0 N–H and O–H groups in total. The van der Waals surface area contributed by atoms with Crippen LogP contribution in [0, 0.1) is 0 Å². The summed E-state index contributed by atoms with van der Waals surface area (Å²) >= 11 is 12.4. The molecule has 3 heterocycles. The molecule has 8 nitrogen and oxygen atoms in total. The Labute approximate surface area is 224 Å². The number of hydrogen-bond donors (Lipinski definition) is 0. The molecule has 0 aliphatic carbocycles. The van der Waals surface area contributed by atoms with Gasteiger partial charge >= 0.3 is 12.3 Å². The largest absolute Gasteiger partial charge is 0.484 e. The number of anilines is 1. The van der Waals surface area contributed by atoms with Gasteiger partial charge in [0.15, 0.2) is 6.61 Å². The molecule has 0 radical (unpaired) electrons. The van der Waals surface area contributed by atoms with Gasteiger partial charge in [-0.25, -0.2) is 14.8 Å². The summed E-state index contributed by atoms with van der Waals surface area (Å²) in [6.07, 6.45) is -4.39. The molecule has 0 saturated carbocycles. The first-order chi connectivity index (χ1) is 17.2. The molecule has 202 valence electrons. The number of alkyl halides is 3. The first-order valence-corrected chi connectivity index (χ1v) is 13.3. The van der Waals surface area contributed by atoms with Gasteiger partial charge in [-0.1, -0.05) is 11.6 Å². The standard InChI is InChI=1S/C23H25Cl2F3N4O4S/c1-22(2,3)36-21(33)32-10-15-17(11-32)29-20(25)30-19(15)31-7-6-14(9-31)37(34)18-5-4-13(8-16(18)24)35-12-23(26,27)28/h4-5,8,14H,6-7,9-12H2,1-3H3. The van der Waals surface area contributed by atoms with Gasteiger partial charge in [0.05, 0.1) is 44.8 Å². The molecule has 2 aliphatic rings. The van der Waals surface area contributed by atoms with Crippen molar-refractivity contribution in [2.75, 3.05) is 24.6 Å². The molecule has 1 aromatic carbocycles. The number of hydrogen-bond acceptors (Lipinski definition) is 7. The zero-order chi connectivity index (χ0) is 27.1. The Morgan fingerprint density at radius 3 is 2.57 bits per heavy atom. The Morgan fingerprint density at radius 2 is 1.92 bits per heavy atom. The molecule has 0 bridgehead atoms. The number of carbonyl (C=O) groups excluding carboxylic acids is 1. The van der Waals surface area contributed by atoms with Gasteiger partial charge in [0.1, 0.15) is 17.2 Å². The van der Waals surface area contributed by atoms with Gasteiger partial charge < -0.3 is 14.4 Å². The van der Waals surface area contributed by atoms with Crippen molar-refractivity contribution < 1.29 is 31.6 Å². The van der Waals surface area contributed by atoms with Crippen LogP contribution in [-0.4, -0.2) is 61.9 Å². The Hall–Kier alpha value is -2.31. The zero-order valence-electron chi connectivity index (χ0n) is 20.3. The van der Waals surface area contributed by atoms with Crippen LogP contribution in [0.3, 0.4) is 0 Å². The van der Waals surface area contributed by atoms with Crippen molar-refractivity contribution in [3.8, 4) is 5.75 Å². The van der Waals surface area contributed by atoms with Crippen molar-refractivity contribution in [1.82, 2.24) is 14.9 Å². The lowest BCUT2D eigenvalue weighted by molar-refractivity contribution is -0.153. The van der Waals surface area contributed by atoms with Gasteiger partial charge in [-0.3, -0.25) is 9.11 Å². The summed E-state index contributed by atoms with van der Waals surface area (Å²) < 4.78 is 60.7. The summed E-state index contributed by atoms with van der Waals surface area (Å²) in [5.74, 6) is 0.513. The number of rotatable bonds is 5. The zero-order valence-corrected chi connectivity index (χ0v) is 22.6. The van der Waals surface area contributed by atoms with E-state index in [1.54, 1.807) is 20.8 Å². The van der Waals surface area contributed by atoms with Crippen LogP contribution in [0.2, 0.25) is 10.3 Å². The van der Waals surface area contributed by atoms with Crippen LogP contribution >= 0.6 is 23.2 Å². The first kappa shape index (κ1) is 27.7. The summed E-state index contributed by atoms with van der Waals surface area (Å²) in [5, 5.41) is -0.204. The van der Waals surface area contributed by atoms with Crippen molar-refractivity contribution in [3.63, 3.8) is 0 Å². The number of fused-ring (bicyclic) bond motifs is 1. The molecule has 14 heteroatoms. The van der Waals surface area contributed by atoms with Crippen LogP contribution < -0.4 is 9.64 Å². The SMILES string of the molecule is CC(C)(C)OC(=O)N1Cc2nc(Cl)nc(N3CCC(S(=O)c4ccc(OCC(F)(F)F)cc4Cl)C3)c2C1. The molecule has 1 aromatic heterocycles. The highest BCUT2D eigenvalue weighted by Gasteiger charge is 2.36. The Kier molecular flexibility index (Phi) is 7.83. The van der Waals surface area contributed by atoms with E-state index in [2.05, 4.69) is 9.97 Å². The Balaban J connectivity index is 1.46. The third-order valence-corrected chi connectivity index (χ3v) is 8.03. The van der Waals surface area contributed by atoms with Crippen LogP contribution in [0.5, 0.6) is 5.75 Å². The molecule has 2 unspecified atom stereocenters. The van der Waals surface area contributed by atoms with Gasteiger partial charge in [-0.05, 0) is 57.0 Å². The second-order valence-electron chi connectivity index (χ2n) is 9.73. The molecular weight excluding hydrogens is 556 g/mol. The van der Waals surface area contributed by atoms with Crippen LogP contribution in [0.1, 0.15) is 38.4 Å². The van der Waals surface area contributed by atoms with Crippen LogP contribution in [0.15, 0.2) is 23.1 Å². The van der Waals surface area contributed by atoms with Crippen molar-refractivity contribution in [2.45, 2.75) is 62.2 Å². The summed E-state index contributed by atoms with van der Waals surface area (Å²) in [6, 6.07) is 3.97. The summed E-state index contributed by atoms with van der Waals surface area (Å²) in [4.78, 5) is 25.1. The molecule has 2 aliphatic heterocycles. The number of benzene rings is 1. The summed E-state index contributed by atoms with van der Waals surface area (Å²) in [6.45, 7) is 5.32. The van der Waals surface area contributed by atoms with E-state index in [1.807, 2.05) is 4.90 Å². The molecule has 2 atom stereocenters. The second kappa shape index (κ2) is 10.5. The molecule has 1 saturated heterocycles. The van der Waals surface area contributed by atoms with Gasteiger partial charge in [-0.15, -0.1) is 0 Å². The molecule has 4 rings (SSSR count). The van der Waals surface area contributed by atoms with E-state index in [-0.39, 0.29) is 34.4 Å². The van der Waals surface area contributed by atoms with E-state index in [4.69, 9.17) is 32.7 Å². The average molecular weight is 581 g/mol. The van der Waals surface area contributed by atoms with Crippen LogP contribution in [0.25, 0.3) is 0 Å². The van der Waals surface area contributed by atoms with Crippen molar-refractivity contribution in [3.05, 3.63) is 39.8 Å². The van der Waals surface area contributed by atoms with Crippen LogP contribution in [0.4, 0.5) is 23.8 Å². The summed E-state index contributed by atoms with van der Waals surface area (Å²) in [7, 11) is -1.54. The van der Waals surface area contributed by atoms with E-state index in [1.165, 1.54) is 23.1 Å². The maximum atomic E-state index is 13.3.